The highest BCUT2D eigenvalue weighted by Gasteiger charge is 2.21. The van der Waals surface area contributed by atoms with Gasteiger partial charge in [-0.25, -0.2) is 0 Å². The van der Waals surface area contributed by atoms with Crippen molar-refractivity contribution in [2.45, 2.75) is 65.7 Å². The number of piperidine rings is 1. The topological polar surface area (TPSA) is 42.9 Å². The van der Waals surface area contributed by atoms with Gasteiger partial charge in [0.1, 0.15) is 0 Å². The normalized spacial score (nSPS) is 16.9. The number of guanidine groups is 1. The molecule has 0 amide bonds. The minimum Gasteiger partial charge on any atom is -0.354 e. The third-order valence-corrected chi connectivity index (χ3v) is 5.61. The van der Waals surface area contributed by atoms with Gasteiger partial charge in [0.15, 0.2) is 5.96 Å². The first kappa shape index (κ1) is 21.7. The van der Waals surface area contributed by atoms with Crippen molar-refractivity contribution in [2.75, 3.05) is 33.2 Å². The highest BCUT2D eigenvalue weighted by atomic mass is 15.2. The lowest BCUT2D eigenvalue weighted by Crippen LogP contribution is -2.49. The summed E-state index contributed by atoms with van der Waals surface area (Å²) in [6.45, 7) is 15.3. The van der Waals surface area contributed by atoms with Crippen LogP contribution in [-0.4, -0.2) is 61.1 Å². The van der Waals surface area contributed by atoms with Crippen LogP contribution in [0.25, 0.3) is 0 Å². The SMILES string of the molecule is CCN(CC)Cc1ccc(CNC(=NC)NC2CCN(C(C)C)CC2)cc1. The van der Waals surface area contributed by atoms with Crippen molar-refractivity contribution in [2.24, 2.45) is 4.99 Å². The summed E-state index contributed by atoms with van der Waals surface area (Å²) in [5.74, 6) is 0.908. The lowest BCUT2D eigenvalue weighted by atomic mass is 10.0. The first-order chi connectivity index (χ1) is 13.0. The molecule has 5 nitrogen and oxygen atoms in total. The van der Waals surface area contributed by atoms with Crippen molar-refractivity contribution in [3.63, 3.8) is 0 Å². The zero-order valence-corrected chi connectivity index (χ0v) is 18.0. The molecule has 0 atom stereocenters. The minimum absolute atomic E-state index is 0.516. The number of rotatable bonds is 8. The summed E-state index contributed by atoms with van der Waals surface area (Å²) >= 11 is 0. The molecule has 0 radical (unpaired) electrons. The Bertz CT molecular complexity index is 555. The van der Waals surface area contributed by atoms with Crippen LogP contribution in [0.2, 0.25) is 0 Å². The van der Waals surface area contributed by atoms with Crippen molar-refractivity contribution < 1.29 is 0 Å². The Morgan fingerprint density at radius 1 is 1.11 bits per heavy atom. The molecule has 0 spiro atoms. The Morgan fingerprint density at radius 3 is 2.22 bits per heavy atom. The van der Waals surface area contributed by atoms with Gasteiger partial charge in [-0.05, 0) is 50.9 Å². The first-order valence-electron chi connectivity index (χ1n) is 10.6. The summed E-state index contributed by atoms with van der Waals surface area (Å²) in [5.41, 5.74) is 2.66. The maximum Gasteiger partial charge on any atom is 0.191 e. The molecule has 2 N–H and O–H groups in total. The number of likely N-dealkylation sites (tertiary alicyclic amines) is 1. The minimum atomic E-state index is 0.516. The number of nitrogens with zero attached hydrogens (tertiary/aromatic N) is 3. The van der Waals surface area contributed by atoms with Crippen molar-refractivity contribution >= 4 is 5.96 Å². The monoisotopic (exact) mass is 373 g/mol. The summed E-state index contributed by atoms with van der Waals surface area (Å²) < 4.78 is 0. The van der Waals surface area contributed by atoms with Crippen LogP contribution in [0.15, 0.2) is 29.3 Å². The third kappa shape index (κ3) is 7.15. The van der Waals surface area contributed by atoms with Crippen LogP contribution in [0, 0.1) is 0 Å². The van der Waals surface area contributed by atoms with Crippen LogP contribution in [0.1, 0.15) is 51.7 Å². The van der Waals surface area contributed by atoms with Gasteiger partial charge in [0.25, 0.3) is 0 Å². The first-order valence-corrected chi connectivity index (χ1v) is 10.6. The Hall–Kier alpha value is -1.59. The summed E-state index contributed by atoms with van der Waals surface area (Å²) in [7, 11) is 1.85. The molecule has 1 heterocycles. The lowest BCUT2D eigenvalue weighted by Gasteiger charge is -2.35. The zero-order valence-electron chi connectivity index (χ0n) is 18.0. The van der Waals surface area contributed by atoms with Gasteiger partial charge in [0.2, 0.25) is 0 Å². The molecule has 0 aromatic heterocycles. The third-order valence-electron chi connectivity index (χ3n) is 5.61. The highest BCUT2D eigenvalue weighted by Crippen LogP contribution is 2.13. The number of benzene rings is 1. The quantitative estimate of drug-likeness (QED) is 0.543. The molecule has 1 aromatic rings. The van der Waals surface area contributed by atoms with Crippen LogP contribution in [0.4, 0.5) is 0 Å². The van der Waals surface area contributed by atoms with Crippen LogP contribution in [0.5, 0.6) is 0 Å². The second kappa shape index (κ2) is 11.3. The summed E-state index contributed by atoms with van der Waals surface area (Å²) in [6.07, 6.45) is 2.36. The van der Waals surface area contributed by atoms with E-state index in [0.717, 1.165) is 32.1 Å². The Kier molecular flexibility index (Phi) is 9.08. The number of hydrogen-bond acceptors (Lipinski definition) is 3. The van der Waals surface area contributed by atoms with Gasteiger partial charge in [-0.3, -0.25) is 9.89 Å². The van der Waals surface area contributed by atoms with E-state index in [4.69, 9.17) is 0 Å². The summed E-state index contributed by atoms with van der Waals surface area (Å²) in [4.78, 5) is 9.39. The fourth-order valence-corrected chi connectivity index (χ4v) is 3.60. The molecule has 1 fully saturated rings. The average molecular weight is 374 g/mol. The molecule has 0 aliphatic carbocycles. The van der Waals surface area contributed by atoms with Gasteiger partial charge in [-0.2, -0.15) is 0 Å². The van der Waals surface area contributed by atoms with Crippen LogP contribution in [-0.2, 0) is 13.1 Å². The number of hydrogen-bond donors (Lipinski definition) is 2. The largest absolute Gasteiger partial charge is 0.354 e. The predicted octanol–water partition coefficient (Wildman–Crippen LogP) is 3.07. The Labute approximate surface area is 166 Å². The van der Waals surface area contributed by atoms with Gasteiger partial charge < -0.3 is 15.5 Å². The Morgan fingerprint density at radius 2 is 1.70 bits per heavy atom. The number of aliphatic imine (C=N–C) groups is 1. The van der Waals surface area contributed by atoms with E-state index in [0.29, 0.717) is 12.1 Å². The molecular formula is C22H39N5. The van der Waals surface area contributed by atoms with E-state index < -0.39 is 0 Å². The fourth-order valence-electron chi connectivity index (χ4n) is 3.60. The molecule has 0 bridgehead atoms. The smallest absolute Gasteiger partial charge is 0.191 e. The van der Waals surface area contributed by atoms with Gasteiger partial charge in [0.05, 0.1) is 0 Å². The summed E-state index contributed by atoms with van der Waals surface area (Å²) in [5, 5.41) is 7.06. The molecule has 1 aromatic carbocycles. The van der Waals surface area contributed by atoms with E-state index in [9.17, 15) is 0 Å². The van der Waals surface area contributed by atoms with Crippen LogP contribution in [0.3, 0.4) is 0 Å². The van der Waals surface area contributed by atoms with E-state index in [2.05, 4.69) is 77.4 Å². The van der Waals surface area contributed by atoms with E-state index in [1.807, 2.05) is 7.05 Å². The molecule has 27 heavy (non-hydrogen) atoms. The van der Waals surface area contributed by atoms with Gasteiger partial charge in [-0.1, -0.05) is 38.1 Å². The average Bonchev–Trinajstić information content (AvgIpc) is 2.70. The van der Waals surface area contributed by atoms with E-state index in [1.54, 1.807) is 0 Å². The van der Waals surface area contributed by atoms with Crippen molar-refractivity contribution in [3.05, 3.63) is 35.4 Å². The van der Waals surface area contributed by atoms with Gasteiger partial charge >= 0.3 is 0 Å². The standard InChI is InChI=1S/C22H39N5/c1-6-26(7-2)17-20-10-8-19(9-11-20)16-24-22(23-5)25-21-12-14-27(15-13-21)18(3)4/h8-11,18,21H,6-7,12-17H2,1-5H3,(H2,23,24,25). The van der Waals surface area contributed by atoms with E-state index in [1.165, 1.54) is 37.1 Å². The van der Waals surface area contributed by atoms with Crippen LogP contribution >= 0.6 is 0 Å². The maximum absolute atomic E-state index is 4.40. The molecule has 1 aliphatic heterocycles. The van der Waals surface area contributed by atoms with Crippen molar-refractivity contribution in [1.29, 1.82) is 0 Å². The number of nitrogens with one attached hydrogen (secondary N) is 2. The van der Waals surface area contributed by atoms with E-state index in [-0.39, 0.29) is 0 Å². The predicted molar refractivity (Wildman–Crippen MR) is 116 cm³/mol. The van der Waals surface area contributed by atoms with Crippen molar-refractivity contribution in [3.8, 4) is 0 Å². The second-order valence-corrected chi connectivity index (χ2v) is 7.75. The molecule has 0 unspecified atom stereocenters. The molecular weight excluding hydrogens is 334 g/mol. The second-order valence-electron chi connectivity index (χ2n) is 7.75. The molecule has 5 heteroatoms. The maximum atomic E-state index is 4.40. The van der Waals surface area contributed by atoms with Crippen molar-refractivity contribution in [1.82, 2.24) is 20.4 Å². The van der Waals surface area contributed by atoms with Crippen LogP contribution < -0.4 is 10.6 Å². The molecule has 1 saturated heterocycles. The van der Waals surface area contributed by atoms with Gasteiger partial charge in [0, 0.05) is 45.3 Å². The molecule has 2 rings (SSSR count). The van der Waals surface area contributed by atoms with Gasteiger partial charge in [-0.15, -0.1) is 0 Å². The lowest BCUT2D eigenvalue weighted by molar-refractivity contribution is 0.167. The Balaban J connectivity index is 1.77. The van der Waals surface area contributed by atoms with E-state index >= 15 is 0 Å². The fraction of sp³-hybridized carbons (Fsp3) is 0.682. The molecule has 0 saturated carbocycles. The molecule has 152 valence electrons. The summed E-state index contributed by atoms with van der Waals surface area (Å²) in [6, 6.07) is 10.1. The highest BCUT2D eigenvalue weighted by molar-refractivity contribution is 5.79. The molecule has 1 aliphatic rings. The zero-order chi connectivity index (χ0) is 19.6.